The zero-order chi connectivity index (χ0) is 28.1. The van der Waals surface area contributed by atoms with Crippen LogP contribution in [-0.2, 0) is 4.74 Å². The lowest BCUT2D eigenvalue weighted by Crippen LogP contribution is -2.45. The predicted octanol–water partition coefficient (Wildman–Crippen LogP) is 4.61. The molecule has 0 aliphatic carbocycles. The van der Waals surface area contributed by atoms with Crippen LogP contribution in [0.1, 0.15) is 38.8 Å². The van der Waals surface area contributed by atoms with Gasteiger partial charge in [-0.25, -0.2) is 19.7 Å². The van der Waals surface area contributed by atoms with Crippen LogP contribution in [0.25, 0.3) is 17.0 Å². The van der Waals surface area contributed by atoms with Gasteiger partial charge in [-0.3, -0.25) is 4.40 Å². The van der Waals surface area contributed by atoms with Gasteiger partial charge in [-0.1, -0.05) is 36.4 Å². The van der Waals surface area contributed by atoms with Gasteiger partial charge in [-0.2, -0.15) is 0 Å². The lowest BCUT2D eigenvalue weighted by molar-refractivity contribution is 0.0526. The third kappa shape index (κ3) is 6.69. The standard InChI is InChI=1S/C30H38N8O2/c1-30(2,3)40-29(39)32-14-13-23(22-9-6-5-7-10-22)34-26-12-8-11-24(35-26)25-21-33-28-27(31-15-16-38(25)28)37-19-17-36(4)18-20-37/h5-12,15-16,21,23H,13-14,17-20H2,1-4H3,(H,32,39)(H,34,35). The monoisotopic (exact) mass is 542 g/mol. The highest BCUT2D eigenvalue weighted by Crippen LogP contribution is 2.27. The van der Waals surface area contributed by atoms with E-state index in [-0.39, 0.29) is 6.04 Å². The molecule has 10 nitrogen and oxygen atoms in total. The molecular weight excluding hydrogens is 504 g/mol. The number of alkyl carbamates (subject to hydrolysis) is 1. The minimum absolute atomic E-state index is 0.0610. The van der Waals surface area contributed by atoms with E-state index in [2.05, 4.69) is 49.0 Å². The molecule has 1 fully saturated rings. The average Bonchev–Trinajstić information content (AvgIpc) is 3.37. The first-order chi connectivity index (χ1) is 19.3. The Balaban J connectivity index is 1.34. The largest absolute Gasteiger partial charge is 0.444 e. The van der Waals surface area contributed by atoms with Gasteiger partial charge in [0.25, 0.3) is 0 Å². The molecule has 0 bridgehead atoms. The van der Waals surface area contributed by atoms with Gasteiger partial charge in [-0.05, 0) is 51.9 Å². The van der Waals surface area contributed by atoms with E-state index in [4.69, 9.17) is 14.7 Å². The Morgan fingerprint density at radius 3 is 2.55 bits per heavy atom. The van der Waals surface area contributed by atoms with Gasteiger partial charge in [0.2, 0.25) is 0 Å². The number of benzene rings is 1. The Labute approximate surface area is 235 Å². The van der Waals surface area contributed by atoms with E-state index in [0.29, 0.717) is 13.0 Å². The molecule has 1 amide bonds. The molecule has 1 aromatic carbocycles. The maximum Gasteiger partial charge on any atom is 0.407 e. The van der Waals surface area contributed by atoms with Crippen LogP contribution in [-0.4, -0.2) is 75.7 Å². The maximum atomic E-state index is 12.2. The van der Waals surface area contributed by atoms with Crippen LogP contribution in [0.3, 0.4) is 0 Å². The van der Waals surface area contributed by atoms with Crippen molar-refractivity contribution in [2.75, 3.05) is 50.0 Å². The van der Waals surface area contributed by atoms with Gasteiger partial charge in [-0.15, -0.1) is 0 Å². The van der Waals surface area contributed by atoms with Crippen LogP contribution in [0.2, 0.25) is 0 Å². The highest BCUT2D eigenvalue weighted by Gasteiger charge is 2.21. The Morgan fingerprint density at radius 1 is 1.02 bits per heavy atom. The number of ether oxygens (including phenoxy) is 1. The number of aromatic nitrogens is 4. The van der Waals surface area contributed by atoms with E-state index < -0.39 is 11.7 Å². The Hall–Kier alpha value is -4.18. The minimum atomic E-state index is -0.537. The van der Waals surface area contributed by atoms with Crippen molar-refractivity contribution in [2.24, 2.45) is 0 Å². The Kier molecular flexibility index (Phi) is 8.16. The predicted molar refractivity (Wildman–Crippen MR) is 158 cm³/mol. The lowest BCUT2D eigenvalue weighted by atomic mass is 10.0. The molecule has 1 saturated heterocycles. The third-order valence-corrected chi connectivity index (χ3v) is 6.85. The van der Waals surface area contributed by atoms with Crippen LogP contribution < -0.4 is 15.5 Å². The number of imidazole rings is 1. The van der Waals surface area contributed by atoms with Crippen LogP contribution in [0, 0.1) is 0 Å². The maximum absolute atomic E-state index is 12.2. The third-order valence-electron chi connectivity index (χ3n) is 6.85. The summed E-state index contributed by atoms with van der Waals surface area (Å²) in [4.78, 5) is 31.2. The molecule has 4 aromatic rings. The van der Waals surface area contributed by atoms with Gasteiger partial charge in [0.15, 0.2) is 11.5 Å². The van der Waals surface area contributed by atoms with Crippen molar-refractivity contribution in [1.29, 1.82) is 0 Å². The number of piperazine rings is 1. The molecule has 4 heterocycles. The Morgan fingerprint density at radius 2 is 1.80 bits per heavy atom. The summed E-state index contributed by atoms with van der Waals surface area (Å²) in [6.07, 6.45) is 5.87. The Bertz CT molecular complexity index is 1420. The zero-order valence-corrected chi connectivity index (χ0v) is 23.7. The first-order valence-corrected chi connectivity index (χ1v) is 13.8. The van der Waals surface area contributed by atoms with Crippen molar-refractivity contribution in [1.82, 2.24) is 29.6 Å². The number of hydrogen-bond acceptors (Lipinski definition) is 8. The van der Waals surface area contributed by atoms with Gasteiger partial charge >= 0.3 is 6.09 Å². The number of anilines is 2. The van der Waals surface area contributed by atoms with E-state index in [1.54, 1.807) is 0 Å². The number of nitrogens with one attached hydrogen (secondary N) is 2. The number of fused-ring (bicyclic) bond motifs is 1. The molecular formula is C30H38N8O2. The first kappa shape index (κ1) is 27.4. The minimum Gasteiger partial charge on any atom is -0.444 e. The summed E-state index contributed by atoms with van der Waals surface area (Å²) in [5, 5.41) is 6.44. The summed E-state index contributed by atoms with van der Waals surface area (Å²) in [7, 11) is 2.14. The lowest BCUT2D eigenvalue weighted by Gasteiger charge is -2.33. The number of likely N-dealkylation sites (N-methyl/N-ethyl adjacent to an activating group) is 1. The molecule has 3 aromatic heterocycles. The van der Waals surface area contributed by atoms with Crippen LogP contribution >= 0.6 is 0 Å². The zero-order valence-electron chi connectivity index (χ0n) is 23.7. The van der Waals surface area contributed by atoms with Crippen LogP contribution in [0.5, 0.6) is 0 Å². The van der Waals surface area contributed by atoms with Crippen molar-refractivity contribution < 1.29 is 9.53 Å². The summed E-state index contributed by atoms with van der Waals surface area (Å²) >= 11 is 0. The fraction of sp³-hybridized carbons (Fsp3) is 0.400. The molecule has 0 saturated carbocycles. The van der Waals surface area contributed by atoms with Gasteiger partial charge in [0.1, 0.15) is 11.4 Å². The SMILES string of the molecule is CN1CCN(c2nccn3c(-c4cccc(NC(CCNC(=O)OC(C)(C)C)c5ccccc5)n4)cnc23)CC1. The summed E-state index contributed by atoms with van der Waals surface area (Å²) < 4.78 is 7.45. The van der Waals surface area contributed by atoms with E-state index in [1.165, 1.54) is 0 Å². The summed E-state index contributed by atoms with van der Waals surface area (Å²) in [6, 6.07) is 16.1. The number of pyridine rings is 1. The summed E-state index contributed by atoms with van der Waals surface area (Å²) in [5.74, 6) is 1.64. The highest BCUT2D eigenvalue weighted by atomic mass is 16.6. The molecule has 5 rings (SSSR count). The fourth-order valence-electron chi connectivity index (χ4n) is 4.81. The number of amides is 1. The van der Waals surface area contributed by atoms with Crippen LogP contribution in [0.4, 0.5) is 16.4 Å². The molecule has 0 spiro atoms. The number of rotatable bonds is 8. The normalized spacial score (nSPS) is 15.2. The fourth-order valence-corrected chi connectivity index (χ4v) is 4.81. The van der Waals surface area contributed by atoms with Crippen molar-refractivity contribution in [2.45, 2.75) is 38.8 Å². The van der Waals surface area contributed by atoms with Gasteiger partial charge in [0.05, 0.1) is 23.6 Å². The topological polar surface area (TPSA) is 99.9 Å². The molecule has 10 heteroatoms. The number of carbonyl (C=O) groups excluding carboxylic acids is 1. The molecule has 1 unspecified atom stereocenters. The van der Waals surface area contributed by atoms with Crippen molar-refractivity contribution in [3.8, 4) is 11.4 Å². The molecule has 40 heavy (non-hydrogen) atoms. The average molecular weight is 543 g/mol. The van der Waals surface area contributed by atoms with E-state index in [1.807, 2.05) is 75.8 Å². The van der Waals surface area contributed by atoms with Crippen molar-refractivity contribution in [3.63, 3.8) is 0 Å². The quantitative estimate of drug-likeness (QED) is 0.333. The summed E-state index contributed by atoms with van der Waals surface area (Å²) in [5.41, 5.74) is 3.12. The molecule has 0 radical (unpaired) electrons. The molecule has 1 aliphatic heterocycles. The molecule has 210 valence electrons. The van der Waals surface area contributed by atoms with E-state index in [0.717, 1.165) is 60.4 Å². The van der Waals surface area contributed by atoms with Crippen molar-refractivity contribution >= 4 is 23.4 Å². The second-order valence-corrected chi connectivity index (χ2v) is 11.1. The number of carbonyl (C=O) groups is 1. The molecule has 2 N–H and O–H groups in total. The number of hydrogen-bond donors (Lipinski definition) is 2. The second-order valence-electron chi connectivity index (χ2n) is 11.1. The number of nitrogens with zero attached hydrogens (tertiary/aromatic N) is 6. The van der Waals surface area contributed by atoms with Gasteiger partial charge in [0, 0.05) is 45.1 Å². The van der Waals surface area contributed by atoms with E-state index in [9.17, 15) is 4.79 Å². The smallest absolute Gasteiger partial charge is 0.407 e. The molecule has 1 aliphatic rings. The highest BCUT2D eigenvalue weighted by molar-refractivity contribution is 5.71. The van der Waals surface area contributed by atoms with Crippen LogP contribution in [0.15, 0.2) is 67.1 Å². The van der Waals surface area contributed by atoms with Gasteiger partial charge < -0.3 is 25.2 Å². The summed E-state index contributed by atoms with van der Waals surface area (Å²) in [6.45, 7) is 9.87. The van der Waals surface area contributed by atoms with Crippen molar-refractivity contribution in [3.05, 3.63) is 72.7 Å². The first-order valence-electron chi connectivity index (χ1n) is 13.8. The van der Waals surface area contributed by atoms with E-state index >= 15 is 0 Å². The second kappa shape index (κ2) is 11.9. The molecule has 1 atom stereocenters.